The standard InChI is InChI=1S/C19H22N2.ClH/c20-12-6-5-11-19(21)18-13-14-7-1-2-8-15(14)16-9-3-4-10-17(16)18;/h1-4,7-10,13,19H,5-6,11-12,20-21H2;1H/t19-;/m1./s1. The maximum absolute atomic E-state index is 6.45. The Balaban J connectivity index is 0.00000176. The Morgan fingerprint density at radius 3 is 2.18 bits per heavy atom. The molecule has 0 amide bonds. The van der Waals surface area contributed by atoms with Gasteiger partial charge < -0.3 is 11.5 Å². The topological polar surface area (TPSA) is 52.0 Å². The molecule has 2 nitrogen and oxygen atoms in total. The molecule has 0 heterocycles. The number of benzene rings is 3. The molecule has 0 bridgehead atoms. The van der Waals surface area contributed by atoms with Crippen LogP contribution in [0.3, 0.4) is 0 Å². The molecular formula is C19H23ClN2. The molecule has 0 saturated heterocycles. The average Bonchev–Trinajstić information content (AvgIpc) is 2.54. The third kappa shape index (κ3) is 3.25. The molecule has 3 aromatic rings. The van der Waals surface area contributed by atoms with Crippen LogP contribution >= 0.6 is 12.4 Å². The fourth-order valence-electron chi connectivity index (χ4n) is 3.05. The first-order chi connectivity index (χ1) is 10.3. The Labute approximate surface area is 137 Å². The van der Waals surface area contributed by atoms with Gasteiger partial charge in [-0.1, -0.05) is 55.0 Å². The van der Waals surface area contributed by atoms with Crippen LogP contribution in [0.15, 0.2) is 54.6 Å². The van der Waals surface area contributed by atoms with Gasteiger partial charge in [-0.25, -0.2) is 0 Å². The monoisotopic (exact) mass is 314 g/mol. The molecule has 3 heteroatoms. The van der Waals surface area contributed by atoms with Gasteiger partial charge in [0.1, 0.15) is 0 Å². The van der Waals surface area contributed by atoms with Crippen molar-refractivity contribution in [2.24, 2.45) is 11.5 Å². The maximum atomic E-state index is 6.45. The fourth-order valence-corrected chi connectivity index (χ4v) is 3.05. The summed E-state index contributed by atoms with van der Waals surface area (Å²) in [6, 6.07) is 19.4. The van der Waals surface area contributed by atoms with Gasteiger partial charge in [0, 0.05) is 6.04 Å². The largest absolute Gasteiger partial charge is 0.330 e. The normalized spacial score (nSPS) is 12.3. The summed E-state index contributed by atoms with van der Waals surface area (Å²) in [4.78, 5) is 0. The number of rotatable bonds is 5. The predicted octanol–water partition coefficient (Wildman–Crippen LogP) is 4.54. The molecule has 22 heavy (non-hydrogen) atoms. The van der Waals surface area contributed by atoms with Crippen molar-refractivity contribution in [2.75, 3.05) is 6.54 Å². The van der Waals surface area contributed by atoms with Crippen LogP contribution < -0.4 is 11.5 Å². The Morgan fingerprint density at radius 1 is 0.818 bits per heavy atom. The van der Waals surface area contributed by atoms with Gasteiger partial charge in [0.25, 0.3) is 0 Å². The first kappa shape index (κ1) is 16.8. The summed E-state index contributed by atoms with van der Waals surface area (Å²) in [6.45, 7) is 0.741. The van der Waals surface area contributed by atoms with Gasteiger partial charge >= 0.3 is 0 Å². The molecule has 0 spiro atoms. The van der Waals surface area contributed by atoms with Gasteiger partial charge in [0.15, 0.2) is 0 Å². The highest BCUT2D eigenvalue weighted by molar-refractivity contribution is 6.09. The molecule has 0 aliphatic carbocycles. The molecule has 4 N–H and O–H groups in total. The summed E-state index contributed by atoms with van der Waals surface area (Å²) >= 11 is 0. The van der Waals surface area contributed by atoms with E-state index in [0.717, 1.165) is 25.8 Å². The lowest BCUT2D eigenvalue weighted by Gasteiger charge is -2.16. The van der Waals surface area contributed by atoms with Gasteiger partial charge in [0.05, 0.1) is 0 Å². The highest BCUT2D eigenvalue weighted by Crippen LogP contribution is 2.32. The average molecular weight is 315 g/mol. The molecule has 0 saturated carbocycles. The van der Waals surface area contributed by atoms with Gasteiger partial charge in [-0.05, 0) is 52.6 Å². The number of nitrogens with two attached hydrogens (primary N) is 2. The molecule has 0 radical (unpaired) electrons. The van der Waals surface area contributed by atoms with Gasteiger partial charge in [-0.15, -0.1) is 12.4 Å². The van der Waals surface area contributed by atoms with Crippen LogP contribution in [0.25, 0.3) is 21.5 Å². The minimum Gasteiger partial charge on any atom is -0.330 e. The second-order valence-corrected chi connectivity index (χ2v) is 5.62. The third-order valence-electron chi connectivity index (χ3n) is 4.17. The zero-order valence-corrected chi connectivity index (χ0v) is 13.5. The second-order valence-electron chi connectivity index (χ2n) is 5.62. The van der Waals surface area contributed by atoms with Crippen LogP contribution in [0, 0.1) is 0 Å². The van der Waals surface area contributed by atoms with E-state index in [-0.39, 0.29) is 18.4 Å². The van der Waals surface area contributed by atoms with Crippen molar-refractivity contribution >= 4 is 34.0 Å². The van der Waals surface area contributed by atoms with E-state index in [2.05, 4.69) is 54.6 Å². The fraction of sp³-hybridized carbons (Fsp3) is 0.263. The highest BCUT2D eigenvalue weighted by atomic mass is 35.5. The number of hydrogen-bond acceptors (Lipinski definition) is 2. The second kappa shape index (κ2) is 7.59. The smallest absolute Gasteiger partial charge is 0.0301 e. The van der Waals surface area contributed by atoms with E-state index >= 15 is 0 Å². The van der Waals surface area contributed by atoms with Crippen LogP contribution in [0.2, 0.25) is 0 Å². The lowest BCUT2D eigenvalue weighted by Crippen LogP contribution is -2.11. The Morgan fingerprint density at radius 2 is 1.45 bits per heavy atom. The van der Waals surface area contributed by atoms with Gasteiger partial charge in [-0.2, -0.15) is 0 Å². The summed E-state index contributed by atoms with van der Waals surface area (Å²) in [6.07, 6.45) is 3.11. The molecule has 1 atom stereocenters. The Hall–Kier alpha value is -1.61. The Kier molecular flexibility index (Phi) is 5.78. The number of halogens is 1. The molecule has 0 unspecified atom stereocenters. The predicted molar refractivity (Wildman–Crippen MR) is 98.5 cm³/mol. The van der Waals surface area contributed by atoms with Crippen LogP contribution in [-0.2, 0) is 0 Å². The molecule has 116 valence electrons. The van der Waals surface area contributed by atoms with Crippen molar-refractivity contribution in [3.8, 4) is 0 Å². The van der Waals surface area contributed by atoms with Crippen LogP contribution in [0.1, 0.15) is 30.9 Å². The first-order valence-electron chi connectivity index (χ1n) is 7.67. The van der Waals surface area contributed by atoms with E-state index in [9.17, 15) is 0 Å². The van der Waals surface area contributed by atoms with Crippen molar-refractivity contribution in [3.63, 3.8) is 0 Å². The molecule has 0 aromatic heterocycles. The lowest BCUT2D eigenvalue weighted by molar-refractivity contribution is 0.594. The van der Waals surface area contributed by atoms with Crippen molar-refractivity contribution in [3.05, 3.63) is 60.2 Å². The van der Waals surface area contributed by atoms with Crippen molar-refractivity contribution in [1.29, 1.82) is 0 Å². The highest BCUT2D eigenvalue weighted by Gasteiger charge is 2.12. The van der Waals surface area contributed by atoms with Crippen LogP contribution in [0.5, 0.6) is 0 Å². The summed E-state index contributed by atoms with van der Waals surface area (Å²) < 4.78 is 0. The Bertz CT molecular complexity index is 755. The van der Waals surface area contributed by atoms with E-state index in [1.807, 2.05) is 0 Å². The van der Waals surface area contributed by atoms with E-state index in [1.165, 1.54) is 27.1 Å². The van der Waals surface area contributed by atoms with Gasteiger partial charge in [-0.3, -0.25) is 0 Å². The summed E-state index contributed by atoms with van der Waals surface area (Å²) in [7, 11) is 0. The zero-order valence-electron chi connectivity index (χ0n) is 12.7. The summed E-state index contributed by atoms with van der Waals surface area (Å²) in [5.74, 6) is 0. The van der Waals surface area contributed by atoms with E-state index in [0.29, 0.717) is 0 Å². The van der Waals surface area contributed by atoms with Gasteiger partial charge in [0.2, 0.25) is 0 Å². The minimum atomic E-state index is 0. The SMILES string of the molecule is Cl.NCCCC[C@@H](N)c1cc2ccccc2c2ccccc12. The molecular weight excluding hydrogens is 292 g/mol. The number of fused-ring (bicyclic) bond motifs is 3. The van der Waals surface area contributed by atoms with Crippen molar-refractivity contribution < 1.29 is 0 Å². The maximum Gasteiger partial charge on any atom is 0.0301 e. The van der Waals surface area contributed by atoms with Crippen LogP contribution in [0.4, 0.5) is 0 Å². The van der Waals surface area contributed by atoms with E-state index in [1.54, 1.807) is 0 Å². The molecule has 0 aliphatic rings. The first-order valence-corrected chi connectivity index (χ1v) is 7.67. The zero-order chi connectivity index (χ0) is 14.7. The quantitative estimate of drug-likeness (QED) is 0.536. The number of unbranched alkanes of at least 4 members (excludes halogenated alkanes) is 1. The van der Waals surface area contributed by atoms with Crippen LogP contribution in [-0.4, -0.2) is 6.54 Å². The van der Waals surface area contributed by atoms with Crippen molar-refractivity contribution in [1.82, 2.24) is 0 Å². The van der Waals surface area contributed by atoms with E-state index < -0.39 is 0 Å². The minimum absolute atomic E-state index is 0. The lowest BCUT2D eigenvalue weighted by atomic mass is 9.92. The summed E-state index contributed by atoms with van der Waals surface area (Å²) in [5, 5.41) is 5.13. The molecule has 0 fully saturated rings. The summed E-state index contributed by atoms with van der Waals surface area (Å²) in [5.41, 5.74) is 13.3. The van der Waals surface area contributed by atoms with E-state index in [4.69, 9.17) is 11.5 Å². The molecule has 0 aliphatic heterocycles. The molecule has 3 rings (SSSR count). The van der Waals surface area contributed by atoms with Crippen molar-refractivity contribution in [2.45, 2.75) is 25.3 Å². The number of hydrogen-bond donors (Lipinski definition) is 2. The molecule has 3 aromatic carbocycles. The third-order valence-corrected chi connectivity index (χ3v) is 4.17.